The van der Waals surface area contributed by atoms with Crippen molar-refractivity contribution in [2.24, 2.45) is 0 Å². The van der Waals surface area contributed by atoms with Gasteiger partial charge in [-0.2, -0.15) is 4.39 Å². The Morgan fingerprint density at radius 2 is 1.91 bits per heavy atom. The van der Waals surface area contributed by atoms with Crippen LogP contribution in [-0.4, -0.2) is 30.5 Å². The summed E-state index contributed by atoms with van der Waals surface area (Å²) in [6, 6.07) is 17.0. The lowest BCUT2D eigenvalue weighted by Crippen LogP contribution is -2.23. The number of aromatic nitrogens is 5. The summed E-state index contributed by atoms with van der Waals surface area (Å²) in [7, 11) is 0. The highest BCUT2D eigenvalue weighted by Gasteiger charge is 2.17. The highest BCUT2D eigenvalue weighted by atomic mass is 35.5. The van der Waals surface area contributed by atoms with Gasteiger partial charge in [0.15, 0.2) is 11.5 Å². The first-order valence-corrected chi connectivity index (χ1v) is 10.2. The Kier molecular flexibility index (Phi) is 4.99. The van der Waals surface area contributed by atoms with Crippen molar-refractivity contribution in [1.29, 1.82) is 0 Å². The lowest BCUT2D eigenvalue weighted by atomic mass is 10.1. The normalized spacial score (nSPS) is 11.2. The number of hydrogen-bond donors (Lipinski definition) is 1. The van der Waals surface area contributed by atoms with Crippen LogP contribution in [0.1, 0.15) is 21.7 Å². The van der Waals surface area contributed by atoms with Gasteiger partial charge in [0.25, 0.3) is 5.91 Å². The molecule has 0 saturated heterocycles. The van der Waals surface area contributed by atoms with E-state index in [4.69, 9.17) is 11.6 Å². The number of carbonyl (C=O) groups excluding carboxylic acids is 1. The van der Waals surface area contributed by atoms with E-state index in [0.29, 0.717) is 44.5 Å². The zero-order valence-electron chi connectivity index (χ0n) is 16.9. The number of benzene rings is 2. The first kappa shape index (κ1) is 20.0. The summed E-state index contributed by atoms with van der Waals surface area (Å²) < 4.78 is 15.1. The summed E-state index contributed by atoms with van der Waals surface area (Å²) >= 11 is 6.41. The number of nitrogens with zero attached hydrogens (tertiary/aromatic N) is 5. The fourth-order valence-corrected chi connectivity index (χ4v) is 3.77. The average molecular weight is 447 g/mol. The molecule has 0 bridgehead atoms. The molecule has 9 heteroatoms. The Labute approximate surface area is 186 Å². The fourth-order valence-electron chi connectivity index (χ4n) is 3.55. The number of rotatable bonds is 4. The third kappa shape index (κ3) is 3.54. The van der Waals surface area contributed by atoms with Gasteiger partial charge >= 0.3 is 0 Å². The molecule has 5 aromatic rings. The van der Waals surface area contributed by atoms with Gasteiger partial charge in [0.1, 0.15) is 0 Å². The molecule has 158 valence electrons. The van der Waals surface area contributed by atoms with Crippen molar-refractivity contribution in [2.75, 3.05) is 0 Å². The Morgan fingerprint density at radius 3 is 2.72 bits per heavy atom. The summed E-state index contributed by atoms with van der Waals surface area (Å²) in [5, 5.41) is 11.9. The standard InChI is InChI=1S/C23H16ClFN6O/c1-13-21-29-30-22(16-6-2-3-7-17(16)24)31(21)19-11-14(9-10-18(19)27-13)23(32)26-12-15-5-4-8-20(25)28-15/h2-11H,12H2,1H3,(H,26,32). The zero-order chi connectivity index (χ0) is 22.2. The maximum atomic E-state index is 13.3. The smallest absolute Gasteiger partial charge is 0.251 e. The molecule has 32 heavy (non-hydrogen) atoms. The molecule has 0 atom stereocenters. The molecule has 7 nitrogen and oxygen atoms in total. The van der Waals surface area contributed by atoms with Crippen LogP contribution in [0.4, 0.5) is 4.39 Å². The molecule has 0 fully saturated rings. The number of hydrogen-bond acceptors (Lipinski definition) is 5. The number of halogens is 2. The molecule has 0 radical (unpaired) electrons. The fraction of sp³-hybridized carbons (Fsp3) is 0.0870. The van der Waals surface area contributed by atoms with Gasteiger partial charge in [0.05, 0.1) is 34.0 Å². The largest absolute Gasteiger partial charge is 0.346 e. The maximum absolute atomic E-state index is 13.3. The SMILES string of the molecule is Cc1nc2ccc(C(=O)NCc3cccc(F)n3)cc2n2c(-c3ccccc3Cl)nnc12. The van der Waals surface area contributed by atoms with E-state index >= 15 is 0 Å². The lowest BCUT2D eigenvalue weighted by molar-refractivity contribution is 0.0950. The van der Waals surface area contributed by atoms with Crippen LogP contribution >= 0.6 is 11.6 Å². The maximum Gasteiger partial charge on any atom is 0.251 e. The molecule has 1 amide bonds. The predicted octanol–water partition coefficient (Wildman–Crippen LogP) is 4.37. The van der Waals surface area contributed by atoms with Crippen molar-refractivity contribution in [3.63, 3.8) is 0 Å². The van der Waals surface area contributed by atoms with Crippen LogP contribution in [0, 0.1) is 12.9 Å². The molecule has 0 aliphatic rings. The minimum Gasteiger partial charge on any atom is -0.346 e. The van der Waals surface area contributed by atoms with Crippen molar-refractivity contribution in [2.45, 2.75) is 13.5 Å². The number of aryl methyl sites for hydroxylation is 1. The molecule has 0 spiro atoms. The average Bonchev–Trinajstić information content (AvgIpc) is 3.24. The van der Waals surface area contributed by atoms with Crippen LogP contribution in [0.2, 0.25) is 5.02 Å². The second-order valence-electron chi connectivity index (χ2n) is 7.20. The molecule has 3 aromatic heterocycles. The van der Waals surface area contributed by atoms with Crippen LogP contribution in [0.5, 0.6) is 0 Å². The third-order valence-electron chi connectivity index (χ3n) is 5.07. The van der Waals surface area contributed by atoms with Crippen molar-refractivity contribution in [3.05, 3.63) is 88.6 Å². The van der Waals surface area contributed by atoms with Crippen molar-refractivity contribution in [1.82, 2.24) is 29.9 Å². The van der Waals surface area contributed by atoms with Crippen LogP contribution in [-0.2, 0) is 6.54 Å². The Hall–Kier alpha value is -3.91. The molecule has 0 saturated carbocycles. The minimum absolute atomic E-state index is 0.105. The van der Waals surface area contributed by atoms with Crippen molar-refractivity contribution in [3.8, 4) is 11.4 Å². The van der Waals surface area contributed by atoms with Crippen molar-refractivity contribution >= 4 is 34.2 Å². The molecule has 0 aliphatic heterocycles. The molecule has 2 aromatic carbocycles. The monoisotopic (exact) mass is 446 g/mol. The van der Waals surface area contributed by atoms with E-state index in [0.717, 1.165) is 5.56 Å². The molecule has 5 rings (SSSR count). The molecule has 1 N–H and O–H groups in total. The number of nitrogens with one attached hydrogen (secondary N) is 1. The molecule has 0 unspecified atom stereocenters. The minimum atomic E-state index is -0.592. The molecular weight excluding hydrogens is 431 g/mol. The second kappa shape index (κ2) is 7.97. The summed E-state index contributed by atoms with van der Waals surface area (Å²) in [5.41, 5.74) is 4.21. The molecule has 0 aliphatic carbocycles. The number of pyridine rings is 1. The highest BCUT2D eigenvalue weighted by Crippen LogP contribution is 2.29. The van der Waals surface area contributed by atoms with E-state index < -0.39 is 5.95 Å². The van der Waals surface area contributed by atoms with Gasteiger partial charge in [0.2, 0.25) is 5.95 Å². The quantitative estimate of drug-likeness (QED) is 0.414. The molecule has 3 heterocycles. The van der Waals surface area contributed by atoms with E-state index in [2.05, 4.69) is 25.5 Å². The van der Waals surface area contributed by atoms with Gasteiger partial charge in [-0.3, -0.25) is 9.20 Å². The number of carbonyl (C=O) groups is 1. The van der Waals surface area contributed by atoms with E-state index in [-0.39, 0.29) is 12.5 Å². The Bertz CT molecular complexity index is 1500. The van der Waals surface area contributed by atoms with E-state index in [1.807, 2.05) is 29.5 Å². The topological polar surface area (TPSA) is 85.1 Å². The molecular formula is C23H16ClFN6O. The van der Waals surface area contributed by atoms with Crippen LogP contribution < -0.4 is 5.32 Å². The van der Waals surface area contributed by atoms with Gasteiger partial charge in [-0.05, 0) is 49.4 Å². The summed E-state index contributed by atoms with van der Waals surface area (Å²) in [6.07, 6.45) is 0. The van der Waals surface area contributed by atoms with Gasteiger partial charge in [0, 0.05) is 11.1 Å². The van der Waals surface area contributed by atoms with Crippen molar-refractivity contribution < 1.29 is 9.18 Å². The first-order valence-electron chi connectivity index (χ1n) is 9.81. The van der Waals surface area contributed by atoms with Gasteiger partial charge < -0.3 is 5.32 Å². The zero-order valence-corrected chi connectivity index (χ0v) is 17.6. The van der Waals surface area contributed by atoms with Crippen LogP contribution in [0.3, 0.4) is 0 Å². The van der Waals surface area contributed by atoms with Gasteiger partial charge in [-0.15, -0.1) is 10.2 Å². The summed E-state index contributed by atoms with van der Waals surface area (Å²) in [5.74, 6) is -0.354. The van der Waals surface area contributed by atoms with E-state index in [1.165, 1.54) is 6.07 Å². The Balaban J connectivity index is 1.59. The van der Waals surface area contributed by atoms with E-state index in [9.17, 15) is 9.18 Å². The van der Waals surface area contributed by atoms with Crippen LogP contribution in [0.15, 0.2) is 60.7 Å². The number of amides is 1. The highest BCUT2D eigenvalue weighted by molar-refractivity contribution is 6.33. The lowest BCUT2D eigenvalue weighted by Gasteiger charge is -2.10. The van der Waals surface area contributed by atoms with Gasteiger partial charge in [-0.1, -0.05) is 29.8 Å². The van der Waals surface area contributed by atoms with Gasteiger partial charge in [-0.25, -0.2) is 9.97 Å². The number of fused-ring (bicyclic) bond motifs is 3. The first-order chi connectivity index (χ1) is 15.5. The third-order valence-corrected chi connectivity index (χ3v) is 5.40. The summed E-state index contributed by atoms with van der Waals surface area (Å²) in [6.45, 7) is 1.96. The Morgan fingerprint density at radius 1 is 1.06 bits per heavy atom. The van der Waals surface area contributed by atoms with Crippen LogP contribution in [0.25, 0.3) is 28.1 Å². The second-order valence-corrected chi connectivity index (χ2v) is 7.60. The summed E-state index contributed by atoms with van der Waals surface area (Å²) in [4.78, 5) is 21.1. The predicted molar refractivity (Wildman–Crippen MR) is 119 cm³/mol. The van der Waals surface area contributed by atoms with E-state index in [1.54, 1.807) is 36.4 Å².